The maximum Gasteiger partial charge on any atom is 0.181 e. The predicted molar refractivity (Wildman–Crippen MR) is 91.6 cm³/mol. The number of benzene rings is 1. The molecule has 1 aromatic heterocycles. The third-order valence-corrected chi connectivity index (χ3v) is 5.36. The van der Waals surface area contributed by atoms with Crippen LogP contribution in [0.4, 0.5) is 5.13 Å². The summed E-state index contributed by atoms with van der Waals surface area (Å²) < 4.78 is 1.21. The van der Waals surface area contributed by atoms with Gasteiger partial charge in [0.2, 0.25) is 0 Å². The summed E-state index contributed by atoms with van der Waals surface area (Å²) in [5.74, 6) is 0.948. The number of thiazole rings is 1. The average molecular weight is 303 g/mol. The van der Waals surface area contributed by atoms with E-state index in [9.17, 15) is 0 Å². The molecular formula is C17H25N3S. The molecule has 114 valence electrons. The molecule has 1 atom stereocenters. The quantitative estimate of drug-likeness (QED) is 0.916. The summed E-state index contributed by atoms with van der Waals surface area (Å²) in [7, 11) is 0. The smallest absolute Gasteiger partial charge is 0.181 e. The minimum absolute atomic E-state index is 0.666. The molecule has 0 aliphatic carbocycles. The molecule has 1 saturated heterocycles. The minimum atomic E-state index is 0.666. The first kappa shape index (κ1) is 14.8. The molecule has 0 radical (unpaired) electrons. The molecule has 1 aliphatic heterocycles. The van der Waals surface area contributed by atoms with Crippen molar-refractivity contribution in [2.24, 2.45) is 5.92 Å². The Labute approximate surface area is 131 Å². The number of nitrogens with zero attached hydrogens (tertiary/aromatic N) is 2. The van der Waals surface area contributed by atoms with Crippen molar-refractivity contribution in [2.75, 3.05) is 18.8 Å². The third kappa shape index (κ3) is 3.74. The highest BCUT2D eigenvalue weighted by atomic mass is 32.1. The zero-order chi connectivity index (χ0) is 14.7. The molecule has 1 unspecified atom stereocenters. The van der Waals surface area contributed by atoms with Crippen molar-refractivity contribution in [1.29, 1.82) is 0 Å². The van der Waals surface area contributed by atoms with Gasteiger partial charge in [0.1, 0.15) is 0 Å². The summed E-state index contributed by atoms with van der Waals surface area (Å²) >= 11 is 1.59. The van der Waals surface area contributed by atoms with Crippen LogP contribution in [0.2, 0.25) is 0 Å². The number of nitrogens with two attached hydrogens (primary N) is 1. The molecule has 1 fully saturated rings. The van der Waals surface area contributed by atoms with Gasteiger partial charge in [0.25, 0.3) is 0 Å². The molecule has 2 aromatic rings. The van der Waals surface area contributed by atoms with Crippen LogP contribution in [-0.4, -0.2) is 23.0 Å². The van der Waals surface area contributed by atoms with Gasteiger partial charge in [-0.2, -0.15) is 0 Å². The summed E-state index contributed by atoms with van der Waals surface area (Å²) in [6, 6.07) is 6.57. The minimum Gasteiger partial charge on any atom is -0.375 e. The van der Waals surface area contributed by atoms with E-state index >= 15 is 0 Å². The van der Waals surface area contributed by atoms with Gasteiger partial charge in [-0.15, -0.1) is 0 Å². The number of aromatic nitrogens is 1. The van der Waals surface area contributed by atoms with Crippen LogP contribution < -0.4 is 5.73 Å². The van der Waals surface area contributed by atoms with Crippen LogP contribution in [0.1, 0.15) is 44.6 Å². The second-order valence-electron chi connectivity index (χ2n) is 6.22. The SMILES string of the molecule is CCCC1CCCN(Cc2ccc3nc(N)sc3c2)CC1. The van der Waals surface area contributed by atoms with Gasteiger partial charge in [-0.3, -0.25) is 4.90 Å². The molecule has 2 heterocycles. The molecule has 1 aromatic carbocycles. The Morgan fingerprint density at radius 3 is 3.10 bits per heavy atom. The maximum absolute atomic E-state index is 5.79. The van der Waals surface area contributed by atoms with Gasteiger partial charge in [0.05, 0.1) is 10.2 Å². The van der Waals surface area contributed by atoms with Crippen molar-refractivity contribution in [3.05, 3.63) is 23.8 Å². The normalized spacial score (nSPS) is 20.7. The van der Waals surface area contributed by atoms with Crippen LogP contribution in [0.3, 0.4) is 0 Å². The molecule has 3 nitrogen and oxygen atoms in total. The Morgan fingerprint density at radius 2 is 2.24 bits per heavy atom. The number of anilines is 1. The van der Waals surface area contributed by atoms with Crippen LogP contribution in [0, 0.1) is 5.92 Å². The number of hydrogen-bond donors (Lipinski definition) is 1. The Balaban J connectivity index is 1.64. The fourth-order valence-corrected chi connectivity index (χ4v) is 4.22. The first-order valence-corrected chi connectivity index (χ1v) is 8.93. The third-order valence-electron chi connectivity index (χ3n) is 4.51. The Bertz CT molecular complexity index is 593. The van der Waals surface area contributed by atoms with Gasteiger partial charge < -0.3 is 5.73 Å². The van der Waals surface area contributed by atoms with Crippen LogP contribution >= 0.6 is 11.3 Å². The first-order chi connectivity index (χ1) is 10.2. The largest absolute Gasteiger partial charge is 0.375 e. The number of hydrogen-bond acceptors (Lipinski definition) is 4. The summed E-state index contributed by atoms with van der Waals surface area (Å²) in [4.78, 5) is 6.94. The Kier molecular flexibility index (Phi) is 4.76. The zero-order valence-corrected chi connectivity index (χ0v) is 13.7. The highest BCUT2D eigenvalue weighted by Crippen LogP contribution is 2.26. The van der Waals surface area contributed by atoms with E-state index in [1.54, 1.807) is 11.3 Å². The van der Waals surface area contributed by atoms with E-state index < -0.39 is 0 Å². The Morgan fingerprint density at radius 1 is 1.33 bits per heavy atom. The molecule has 1 aliphatic rings. The number of nitrogen functional groups attached to an aromatic ring is 1. The van der Waals surface area contributed by atoms with Crippen molar-refractivity contribution in [1.82, 2.24) is 9.88 Å². The van der Waals surface area contributed by atoms with Gasteiger partial charge in [0.15, 0.2) is 5.13 Å². The lowest BCUT2D eigenvalue weighted by molar-refractivity contribution is 0.271. The van der Waals surface area contributed by atoms with Crippen molar-refractivity contribution in [3.63, 3.8) is 0 Å². The second kappa shape index (κ2) is 6.75. The zero-order valence-electron chi connectivity index (χ0n) is 12.8. The van der Waals surface area contributed by atoms with Crippen LogP contribution in [0.5, 0.6) is 0 Å². The summed E-state index contributed by atoms with van der Waals surface area (Å²) in [6.07, 6.45) is 6.85. The fourth-order valence-electron chi connectivity index (χ4n) is 3.42. The van der Waals surface area contributed by atoms with E-state index in [-0.39, 0.29) is 0 Å². The molecular weight excluding hydrogens is 278 g/mol. The van der Waals surface area contributed by atoms with E-state index in [4.69, 9.17) is 5.73 Å². The lowest BCUT2D eigenvalue weighted by Crippen LogP contribution is -2.24. The summed E-state index contributed by atoms with van der Waals surface area (Å²) in [5.41, 5.74) is 8.20. The molecule has 0 saturated carbocycles. The van der Waals surface area contributed by atoms with E-state index in [0.717, 1.165) is 18.0 Å². The van der Waals surface area contributed by atoms with Gasteiger partial charge in [-0.1, -0.05) is 37.2 Å². The van der Waals surface area contributed by atoms with Crippen LogP contribution in [0.15, 0.2) is 18.2 Å². The summed E-state index contributed by atoms with van der Waals surface area (Å²) in [6.45, 7) is 5.85. The van der Waals surface area contributed by atoms with Gasteiger partial charge in [-0.25, -0.2) is 4.98 Å². The van der Waals surface area contributed by atoms with Crippen LogP contribution in [0.25, 0.3) is 10.2 Å². The van der Waals surface area contributed by atoms with Crippen LogP contribution in [-0.2, 0) is 6.54 Å². The second-order valence-corrected chi connectivity index (χ2v) is 7.28. The van der Waals surface area contributed by atoms with E-state index in [1.807, 2.05) is 0 Å². The lowest BCUT2D eigenvalue weighted by Gasteiger charge is -2.20. The molecule has 21 heavy (non-hydrogen) atoms. The monoisotopic (exact) mass is 303 g/mol. The number of rotatable bonds is 4. The topological polar surface area (TPSA) is 42.2 Å². The van der Waals surface area contributed by atoms with E-state index in [0.29, 0.717) is 5.13 Å². The number of likely N-dealkylation sites (tertiary alicyclic amines) is 1. The van der Waals surface area contributed by atoms with E-state index in [1.165, 1.54) is 55.5 Å². The number of fused-ring (bicyclic) bond motifs is 1. The molecule has 0 bridgehead atoms. The van der Waals surface area contributed by atoms with Gasteiger partial charge in [-0.05, 0) is 56.0 Å². The van der Waals surface area contributed by atoms with Crippen molar-refractivity contribution < 1.29 is 0 Å². The highest BCUT2D eigenvalue weighted by molar-refractivity contribution is 7.22. The molecule has 3 rings (SSSR count). The first-order valence-electron chi connectivity index (χ1n) is 8.12. The predicted octanol–water partition coefficient (Wildman–Crippen LogP) is 4.28. The summed E-state index contributed by atoms with van der Waals surface area (Å²) in [5, 5.41) is 0.666. The average Bonchev–Trinajstić information content (AvgIpc) is 2.69. The molecule has 0 spiro atoms. The molecule has 0 amide bonds. The van der Waals surface area contributed by atoms with E-state index in [2.05, 4.69) is 35.0 Å². The maximum atomic E-state index is 5.79. The van der Waals surface area contributed by atoms with Gasteiger partial charge in [0, 0.05) is 6.54 Å². The lowest BCUT2D eigenvalue weighted by atomic mass is 9.96. The van der Waals surface area contributed by atoms with Crippen molar-refractivity contribution in [2.45, 2.75) is 45.6 Å². The Hall–Kier alpha value is -1.13. The van der Waals surface area contributed by atoms with Gasteiger partial charge >= 0.3 is 0 Å². The van der Waals surface area contributed by atoms with Crippen molar-refractivity contribution in [3.8, 4) is 0 Å². The van der Waals surface area contributed by atoms with Crippen molar-refractivity contribution >= 4 is 26.7 Å². The molecule has 4 heteroatoms. The highest BCUT2D eigenvalue weighted by Gasteiger charge is 2.16. The standard InChI is InChI=1S/C17H25N3S/c1-2-4-13-5-3-9-20(10-8-13)12-14-6-7-15-16(11-14)21-17(18)19-15/h6-7,11,13H,2-5,8-10,12H2,1H3,(H2,18,19). The molecule has 2 N–H and O–H groups in total. The fraction of sp³-hybridized carbons (Fsp3) is 0.588.